The van der Waals surface area contributed by atoms with Crippen LogP contribution in [-0.4, -0.2) is 31.8 Å². The van der Waals surface area contributed by atoms with Crippen LogP contribution in [0.25, 0.3) is 21.5 Å². The molecule has 23 heavy (non-hydrogen) atoms. The molecule has 0 aliphatic carbocycles. The van der Waals surface area contributed by atoms with E-state index in [-0.39, 0.29) is 0 Å². The van der Waals surface area contributed by atoms with Gasteiger partial charge in [0.2, 0.25) is 6.79 Å². The van der Waals surface area contributed by atoms with Gasteiger partial charge in [-0.05, 0) is 47.8 Å². The second kappa shape index (κ2) is 5.74. The lowest BCUT2D eigenvalue weighted by Crippen LogP contribution is -2.20. The van der Waals surface area contributed by atoms with Crippen LogP contribution in [0.3, 0.4) is 0 Å². The zero-order valence-electron chi connectivity index (χ0n) is 13.6. The summed E-state index contributed by atoms with van der Waals surface area (Å²) in [6, 6.07) is 15.1. The molecule has 0 N–H and O–H groups in total. The topological polar surface area (TPSA) is 21.7 Å². The van der Waals surface area contributed by atoms with Gasteiger partial charge in [-0.3, -0.25) is 0 Å². The summed E-state index contributed by atoms with van der Waals surface area (Å²) in [4.78, 5) is 2.33. The maximum absolute atomic E-state index is 5.79. The number of ether oxygens (including phenoxy) is 2. The zero-order valence-corrected chi connectivity index (χ0v) is 13.6. The first kappa shape index (κ1) is 14.3. The van der Waals surface area contributed by atoms with Crippen molar-refractivity contribution in [2.75, 3.05) is 26.9 Å². The van der Waals surface area contributed by atoms with Gasteiger partial charge in [0.05, 0.1) is 0 Å². The van der Waals surface area contributed by atoms with Gasteiger partial charge in [0.25, 0.3) is 0 Å². The van der Waals surface area contributed by atoms with Crippen molar-refractivity contribution in [3.63, 3.8) is 0 Å². The van der Waals surface area contributed by atoms with Crippen LogP contribution in [0.4, 0.5) is 0 Å². The summed E-state index contributed by atoms with van der Waals surface area (Å²) < 4.78 is 11.5. The molecule has 1 aliphatic rings. The average molecular weight is 307 g/mol. The fourth-order valence-electron chi connectivity index (χ4n) is 3.29. The second-order valence-electron chi connectivity index (χ2n) is 6.12. The van der Waals surface area contributed by atoms with Crippen LogP contribution in [0.15, 0.2) is 42.5 Å². The highest BCUT2D eigenvalue weighted by Gasteiger charge is 2.21. The molecule has 3 heteroatoms. The van der Waals surface area contributed by atoms with Gasteiger partial charge in [0.15, 0.2) is 11.5 Å². The van der Waals surface area contributed by atoms with Gasteiger partial charge in [-0.1, -0.05) is 43.3 Å². The van der Waals surface area contributed by atoms with Gasteiger partial charge in [-0.15, -0.1) is 0 Å². The Bertz CT molecular complexity index is 872. The third kappa shape index (κ3) is 2.41. The second-order valence-corrected chi connectivity index (χ2v) is 6.12. The van der Waals surface area contributed by atoms with E-state index in [0.29, 0.717) is 6.79 Å². The standard InChI is InChI=1S/C20H21NO2/c1-3-21(2)11-10-15-12-18-20(23-13-22-18)19-16-7-5-4-6-14(16)8-9-17(15)19/h4-9,12H,3,10-11,13H2,1-2H3. The first-order valence-corrected chi connectivity index (χ1v) is 8.19. The Morgan fingerprint density at radius 1 is 1.04 bits per heavy atom. The van der Waals surface area contributed by atoms with Crippen molar-refractivity contribution in [3.05, 3.63) is 48.0 Å². The molecule has 0 fully saturated rings. The smallest absolute Gasteiger partial charge is 0.231 e. The molecule has 118 valence electrons. The van der Waals surface area contributed by atoms with E-state index in [1.54, 1.807) is 0 Å². The van der Waals surface area contributed by atoms with Crippen LogP contribution in [0.5, 0.6) is 11.5 Å². The molecule has 0 atom stereocenters. The number of hydrogen-bond acceptors (Lipinski definition) is 3. The summed E-state index contributed by atoms with van der Waals surface area (Å²) >= 11 is 0. The summed E-state index contributed by atoms with van der Waals surface area (Å²) in [7, 11) is 2.16. The highest BCUT2D eigenvalue weighted by atomic mass is 16.7. The minimum absolute atomic E-state index is 0.311. The molecule has 0 bridgehead atoms. The minimum atomic E-state index is 0.311. The molecule has 4 rings (SSSR count). The molecule has 0 unspecified atom stereocenters. The van der Waals surface area contributed by atoms with Crippen molar-refractivity contribution >= 4 is 21.5 Å². The number of rotatable bonds is 4. The van der Waals surface area contributed by atoms with Crippen LogP contribution in [0.2, 0.25) is 0 Å². The van der Waals surface area contributed by atoms with Gasteiger partial charge in [-0.2, -0.15) is 0 Å². The molecule has 3 aromatic carbocycles. The third-order valence-corrected chi connectivity index (χ3v) is 4.75. The van der Waals surface area contributed by atoms with Crippen molar-refractivity contribution in [1.82, 2.24) is 4.90 Å². The van der Waals surface area contributed by atoms with Crippen LogP contribution >= 0.6 is 0 Å². The largest absolute Gasteiger partial charge is 0.454 e. The summed E-state index contributed by atoms with van der Waals surface area (Å²) in [6.45, 7) is 4.60. The Balaban J connectivity index is 1.94. The van der Waals surface area contributed by atoms with E-state index >= 15 is 0 Å². The van der Waals surface area contributed by atoms with Gasteiger partial charge in [0, 0.05) is 11.9 Å². The van der Waals surface area contributed by atoms with Crippen LogP contribution in [-0.2, 0) is 6.42 Å². The fourth-order valence-corrected chi connectivity index (χ4v) is 3.29. The molecule has 3 aromatic rings. The summed E-state index contributed by atoms with van der Waals surface area (Å²) in [6.07, 6.45) is 1.01. The normalized spacial score (nSPS) is 13.3. The van der Waals surface area contributed by atoms with Gasteiger partial charge in [-0.25, -0.2) is 0 Å². The van der Waals surface area contributed by atoms with E-state index in [0.717, 1.165) is 31.0 Å². The summed E-state index contributed by atoms with van der Waals surface area (Å²) in [5, 5.41) is 4.93. The molecular formula is C20H21NO2. The molecule has 1 aliphatic heterocycles. The molecule has 3 nitrogen and oxygen atoms in total. The lowest BCUT2D eigenvalue weighted by molar-refractivity contribution is 0.175. The molecule has 0 amide bonds. The van der Waals surface area contributed by atoms with Gasteiger partial charge < -0.3 is 14.4 Å². The molecule has 0 radical (unpaired) electrons. The van der Waals surface area contributed by atoms with E-state index in [1.165, 1.54) is 27.1 Å². The number of likely N-dealkylation sites (N-methyl/N-ethyl adjacent to an activating group) is 1. The zero-order chi connectivity index (χ0) is 15.8. The summed E-state index contributed by atoms with van der Waals surface area (Å²) in [5.74, 6) is 1.77. The molecular weight excluding hydrogens is 286 g/mol. The highest BCUT2D eigenvalue weighted by Crippen LogP contribution is 2.44. The van der Waals surface area contributed by atoms with E-state index in [4.69, 9.17) is 9.47 Å². The lowest BCUT2D eigenvalue weighted by Gasteiger charge is -2.16. The van der Waals surface area contributed by atoms with E-state index in [2.05, 4.69) is 61.3 Å². The van der Waals surface area contributed by atoms with Crippen molar-refractivity contribution in [2.24, 2.45) is 0 Å². The quantitative estimate of drug-likeness (QED) is 0.674. The predicted molar refractivity (Wildman–Crippen MR) is 94.5 cm³/mol. The summed E-state index contributed by atoms with van der Waals surface area (Å²) in [5.41, 5.74) is 1.33. The van der Waals surface area contributed by atoms with Crippen LogP contribution in [0.1, 0.15) is 12.5 Å². The Labute approximate surface area is 136 Å². The van der Waals surface area contributed by atoms with Crippen LogP contribution in [0, 0.1) is 0 Å². The van der Waals surface area contributed by atoms with Crippen molar-refractivity contribution in [2.45, 2.75) is 13.3 Å². The third-order valence-electron chi connectivity index (χ3n) is 4.75. The molecule has 0 saturated heterocycles. The maximum atomic E-state index is 5.79. The Kier molecular flexibility index (Phi) is 3.58. The SMILES string of the molecule is CCN(C)CCc1cc2c(c3c1ccc1ccccc13)OCO2. The molecule has 1 heterocycles. The highest BCUT2D eigenvalue weighted by molar-refractivity contribution is 6.12. The van der Waals surface area contributed by atoms with E-state index in [1.807, 2.05) is 0 Å². The maximum Gasteiger partial charge on any atom is 0.231 e. The average Bonchev–Trinajstić information content (AvgIpc) is 3.07. The monoisotopic (exact) mass is 307 g/mol. The number of hydrogen-bond donors (Lipinski definition) is 0. The van der Waals surface area contributed by atoms with Crippen molar-refractivity contribution in [3.8, 4) is 11.5 Å². The number of fused-ring (bicyclic) bond motifs is 5. The molecule has 0 aromatic heterocycles. The predicted octanol–water partition coefficient (Wildman–Crippen LogP) is 4.22. The Morgan fingerprint density at radius 2 is 1.91 bits per heavy atom. The van der Waals surface area contributed by atoms with E-state index < -0.39 is 0 Å². The van der Waals surface area contributed by atoms with Crippen molar-refractivity contribution in [1.29, 1.82) is 0 Å². The van der Waals surface area contributed by atoms with E-state index in [9.17, 15) is 0 Å². The molecule has 0 saturated carbocycles. The van der Waals surface area contributed by atoms with Gasteiger partial charge in [0.1, 0.15) is 0 Å². The number of benzene rings is 3. The fraction of sp³-hybridized carbons (Fsp3) is 0.300. The number of nitrogens with zero attached hydrogens (tertiary/aromatic N) is 1. The van der Waals surface area contributed by atoms with Gasteiger partial charge >= 0.3 is 0 Å². The molecule has 0 spiro atoms. The van der Waals surface area contributed by atoms with Crippen LogP contribution < -0.4 is 9.47 Å². The Hall–Kier alpha value is -2.26. The minimum Gasteiger partial charge on any atom is -0.454 e. The van der Waals surface area contributed by atoms with Crippen molar-refractivity contribution < 1.29 is 9.47 Å². The first-order valence-electron chi connectivity index (χ1n) is 8.19. The lowest BCUT2D eigenvalue weighted by atomic mass is 9.95. The first-order chi connectivity index (χ1) is 11.3. The Morgan fingerprint density at radius 3 is 2.78 bits per heavy atom.